The fraction of sp³-hybridized carbons (Fsp3) is 0.200. The lowest BCUT2D eigenvalue weighted by molar-refractivity contribution is -0.137. The average Bonchev–Trinajstić information content (AvgIpc) is 3.30. The third kappa shape index (κ3) is 6.46. The third-order valence-electron chi connectivity index (χ3n) is 4.32. The second kappa shape index (κ2) is 9.80. The minimum absolute atomic E-state index is 0.0536. The number of amides is 2. The predicted octanol–water partition coefficient (Wildman–Crippen LogP) is 3.63. The Hall–Kier alpha value is -4.10. The van der Waals surface area contributed by atoms with Gasteiger partial charge in [-0.05, 0) is 30.3 Å². The molecule has 34 heavy (non-hydrogen) atoms. The van der Waals surface area contributed by atoms with E-state index >= 15 is 0 Å². The fourth-order valence-electron chi connectivity index (χ4n) is 2.83. The molecule has 8 nitrogen and oxygen atoms in total. The van der Waals surface area contributed by atoms with E-state index in [1.807, 2.05) is 0 Å². The van der Waals surface area contributed by atoms with Gasteiger partial charge in [0.25, 0.3) is 5.91 Å². The summed E-state index contributed by atoms with van der Waals surface area (Å²) in [6.07, 6.45) is -6.89. The van der Waals surface area contributed by atoms with Crippen LogP contribution in [0.25, 0.3) is 5.69 Å². The van der Waals surface area contributed by atoms with Gasteiger partial charge in [-0.3, -0.25) is 9.59 Å². The van der Waals surface area contributed by atoms with Crippen molar-refractivity contribution in [2.75, 3.05) is 23.7 Å². The number of halogens is 6. The minimum Gasteiger partial charge on any atom is -0.376 e. The molecule has 2 aromatic carbocycles. The van der Waals surface area contributed by atoms with E-state index in [1.165, 1.54) is 30.6 Å². The number of hydrogen-bond acceptors (Lipinski definition) is 5. The van der Waals surface area contributed by atoms with Crippen molar-refractivity contribution < 1.29 is 35.9 Å². The number of hydrogen-bond donors (Lipinski definition) is 3. The monoisotopic (exact) mass is 486 g/mol. The van der Waals surface area contributed by atoms with Gasteiger partial charge < -0.3 is 16.0 Å². The van der Waals surface area contributed by atoms with Gasteiger partial charge in [0, 0.05) is 5.69 Å². The molecule has 1 heterocycles. The highest BCUT2D eigenvalue weighted by Gasteiger charge is 2.31. The molecule has 3 aromatic rings. The molecule has 180 valence electrons. The first-order chi connectivity index (χ1) is 15.9. The lowest BCUT2D eigenvalue weighted by Gasteiger charge is -2.16. The first kappa shape index (κ1) is 24.5. The number of alkyl halides is 6. The summed E-state index contributed by atoms with van der Waals surface area (Å²) in [5, 5.41) is 10.5. The smallest absolute Gasteiger partial charge is 0.376 e. The molecule has 0 saturated heterocycles. The SMILES string of the molecule is O=C(CNc1ccccc1C(=O)NCC(F)(F)F)Nc1cc(C(F)(F)F)ccc1-n1cncn1. The topological polar surface area (TPSA) is 101 Å². The molecular formula is C20H16F6N6O2. The number of carbonyl (C=O) groups excluding carboxylic acids is 2. The Morgan fingerprint density at radius 1 is 0.971 bits per heavy atom. The molecule has 0 saturated carbocycles. The second-order valence-corrected chi connectivity index (χ2v) is 6.81. The van der Waals surface area contributed by atoms with E-state index in [0.717, 1.165) is 29.2 Å². The molecular weight excluding hydrogens is 470 g/mol. The maximum atomic E-state index is 13.1. The van der Waals surface area contributed by atoms with Crippen molar-refractivity contribution in [3.63, 3.8) is 0 Å². The normalized spacial score (nSPS) is 11.7. The van der Waals surface area contributed by atoms with E-state index in [2.05, 4.69) is 20.7 Å². The summed E-state index contributed by atoms with van der Waals surface area (Å²) in [6.45, 7) is -2.04. The minimum atomic E-state index is -4.67. The molecule has 14 heteroatoms. The van der Waals surface area contributed by atoms with Gasteiger partial charge in [0.2, 0.25) is 5.91 Å². The molecule has 2 amide bonds. The first-order valence-electron chi connectivity index (χ1n) is 9.48. The number of anilines is 2. The summed E-state index contributed by atoms with van der Waals surface area (Å²) in [7, 11) is 0. The summed E-state index contributed by atoms with van der Waals surface area (Å²) in [6, 6.07) is 8.18. The van der Waals surface area contributed by atoms with Crippen LogP contribution in [0.5, 0.6) is 0 Å². The fourth-order valence-corrected chi connectivity index (χ4v) is 2.83. The van der Waals surface area contributed by atoms with Crippen LogP contribution in [0.2, 0.25) is 0 Å². The zero-order valence-corrected chi connectivity index (χ0v) is 17.0. The van der Waals surface area contributed by atoms with E-state index < -0.39 is 42.8 Å². The van der Waals surface area contributed by atoms with Crippen molar-refractivity contribution >= 4 is 23.2 Å². The standard InChI is InChI=1S/C20H16F6N6O2/c21-19(22,23)9-29-18(34)13-3-1-2-4-14(13)28-8-17(33)31-15-7-12(20(24,25)26)5-6-16(15)32-11-27-10-30-32/h1-7,10-11,28H,8-9H2,(H,29,34)(H,31,33). The zero-order valence-electron chi connectivity index (χ0n) is 17.0. The van der Waals surface area contributed by atoms with Crippen LogP contribution < -0.4 is 16.0 Å². The molecule has 0 unspecified atom stereocenters. The molecule has 0 atom stereocenters. The molecule has 0 spiro atoms. The summed E-state index contributed by atoms with van der Waals surface area (Å²) in [5.41, 5.74) is -1.19. The predicted molar refractivity (Wildman–Crippen MR) is 108 cm³/mol. The highest BCUT2D eigenvalue weighted by atomic mass is 19.4. The van der Waals surface area contributed by atoms with Crippen molar-refractivity contribution in [2.45, 2.75) is 12.4 Å². The average molecular weight is 486 g/mol. The van der Waals surface area contributed by atoms with Gasteiger partial charge >= 0.3 is 12.4 Å². The van der Waals surface area contributed by atoms with Crippen LogP contribution in [-0.4, -0.2) is 45.8 Å². The zero-order chi connectivity index (χ0) is 24.9. The summed E-state index contributed by atoms with van der Waals surface area (Å²) in [5.74, 6) is -1.81. The lowest BCUT2D eigenvalue weighted by Crippen LogP contribution is -2.34. The number of benzene rings is 2. The van der Waals surface area contributed by atoms with Crippen LogP contribution in [0, 0.1) is 0 Å². The van der Waals surface area contributed by atoms with E-state index in [1.54, 1.807) is 5.32 Å². The van der Waals surface area contributed by atoms with Crippen LogP contribution in [-0.2, 0) is 11.0 Å². The number of aromatic nitrogens is 3. The molecule has 3 rings (SSSR count). The Balaban J connectivity index is 1.74. The van der Waals surface area contributed by atoms with Crippen molar-refractivity contribution in [3.05, 3.63) is 66.2 Å². The highest BCUT2D eigenvalue weighted by Crippen LogP contribution is 2.33. The Morgan fingerprint density at radius 2 is 1.71 bits per heavy atom. The molecule has 0 fully saturated rings. The third-order valence-corrected chi connectivity index (χ3v) is 4.32. The number of nitrogens with one attached hydrogen (secondary N) is 3. The van der Waals surface area contributed by atoms with Crippen LogP contribution in [0.15, 0.2) is 55.1 Å². The largest absolute Gasteiger partial charge is 0.416 e. The molecule has 0 aliphatic heterocycles. The van der Waals surface area contributed by atoms with Crippen molar-refractivity contribution in [1.29, 1.82) is 0 Å². The van der Waals surface area contributed by atoms with E-state index in [4.69, 9.17) is 0 Å². The van der Waals surface area contributed by atoms with Gasteiger partial charge in [0.1, 0.15) is 19.2 Å². The maximum Gasteiger partial charge on any atom is 0.416 e. The quantitative estimate of drug-likeness (QED) is 0.443. The molecule has 3 N–H and O–H groups in total. The Labute approximate surface area is 188 Å². The van der Waals surface area contributed by atoms with Crippen LogP contribution >= 0.6 is 0 Å². The second-order valence-electron chi connectivity index (χ2n) is 6.81. The van der Waals surface area contributed by atoms with E-state index in [0.29, 0.717) is 0 Å². The molecule has 1 aromatic heterocycles. The van der Waals surface area contributed by atoms with Crippen molar-refractivity contribution in [3.8, 4) is 5.69 Å². The van der Waals surface area contributed by atoms with Crippen LogP contribution in [0.3, 0.4) is 0 Å². The lowest BCUT2D eigenvalue weighted by atomic mass is 10.1. The summed E-state index contributed by atoms with van der Waals surface area (Å²) < 4.78 is 77.7. The van der Waals surface area contributed by atoms with Gasteiger partial charge in [-0.25, -0.2) is 9.67 Å². The van der Waals surface area contributed by atoms with Gasteiger partial charge in [-0.15, -0.1) is 0 Å². The van der Waals surface area contributed by atoms with E-state index in [-0.39, 0.29) is 22.6 Å². The highest BCUT2D eigenvalue weighted by molar-refractivity contribution is 6.01. The van der Waals surface area contributed by atoms with E-state index in [9.17, 15) is 35.9 Å². The number of para-hydroxylation sites is 1. The van der Waals surface area contributed by atoms with Gasteiger partial charge in [-0.2, -0.15) is 31.4 Å². The number of rotatable bonds is 7. The van der Waals surface area contributed by atoms with Gasteiger partial charge in [0.15, 0.2) is 0 Å². The van der Waals surface area contributed by atoms with Gasteiger partial charge in [-0.1, -0.05) is 12.1 Å². The van der Waals surface area contributed by atoms with Crippen molar-refractivity contribution in [2.24, 2.45) is 0 Å². The Bertz CT molecular complexity index is 1160. The maximum absolute atomic E-state index is 13.1. The van der Waals surface area contributed by atoms with Gasteiger partial charge in [0.05, 0.1) is 29.0 Å². The summed E-state index contributed by atoms with van der Waals surface area (Å²) >= 11 is 0. The van der Waals surface area contributed by atoms with Crippen LogP contribution in [0.4, 0.5) is 37.7 Å². The number of carbonyl (C=O) groups is 2. The Morgan fingerprint density at radius 3 is 2.35 bits per heavy atom. The number of nitrogens with zero attached hydrogens (tertiary/aromatic N) is 3. The molecule has 0 aliphatic rings. The molecule has 0 aliphatic carbocycles. The first-order valence-corrected chi connectivity index (χ1v) is 9.48. The molecule has 0 bridgehead atoms. The van der Waals surface area contributed by atoms with Crippen molar-refractivity contribution in [1.82, 2.24) is 20.1 Å². The summed E-state index contributed by atoms with van der Waals surface area (Å²) in [4.78, 5) is 28.3. The Kier molecular flexibility index (Phi) is 7.08. The molecule has 0 radical (unpaired) electrons. The van der Waals surface area contributed by atoms with Crippen LogP contribution in [0.1, 0.15) is 15.9 Å².